The summed E-state index contributed by atoms with van der Waals surface area (Å²) < 4.78 is 0. The number of rotatable bonds is 0. The van der Waals surface area contributed by atoms with Crippen LogP contribution in [-0.4, -0.2) is 13.1 Å². The van der Waals surface area contributed by atoms with Crippen LogP contribution in [0.1, 0.15) is 34.9 Å². The molecule has 2 nitrogen and oxygen atoms in total. The highest BCUT2D eigenvalue weighted by molar-refractivity contribution is 5.46. The van der Waals surface area contributed by atoms with Gasteiger partial charge in [-0.15, -0.1) is 0 Å². The molecule has 2 bridgehead atoms. The third kappa shape index (κ3) is 0.995. The molecule has 1 saturated heterocycles. The molecule has 14 heavy (non-hydrogen) atoms. The third-order valence-corrected chi connectivity index (χ3v) is 3.45. The molecule has 1 aromatic rings. The third-order valence-electron chi connectivity index (χ3n) is 3.45. The minimum Gasteiger partial charge on any atom is -0.316 e. The van der Waals surface area contributed by atoms with E-state index in [2.05, 4.69) is 23.5 Å². The van der Waals surface area contributed by atoms with Crippen LogP contribution in [0.3, 0.4) is 0 Å². The Morgan fingerprint density at radius 3 is 2.79 bits per heavy atom. The maximum absolute atomic E-state index is 8.84. The van der Waals surface area contributed by atoms with E-state index in [1.165, 1.54) is 17.5 Å². The number of fused-ring (bicyclic) bond motifs is 5. The number of benzene rings is 1. The summed E-state index contributed by atoms with van der Waals surface area (Å²) in [6.45, 7) is 2.19. The second-order valence-electron chi connectivity index (χ2n) is 4.24. The predicted octanol–water partition coefficient (Wildman–Crippen LogP) is 1.73. The quantitative estimate of drug-likeness (QED) is 0.666. The molecule has 1 aliphatic carbocycles. The Balaban J connectivity index is 2.14. The number of nitrogens with one attached hydrogen (secondary N) is 1. The molecule has 0 spiro atoms. The van der Waals surface area contributed by atoms with Crippen molar-refractivity contribution in [2.45, 2.75) is 18.3 Å². The second kappa shape index (κ2) is 2.83. The molecule has 0 amide bonds. The second-order valence-corrected chi connectivity index (χ2v) is 4.24. The molecule has 0 radical (unpaired) electrons. The van der Waals surface area contributed by atoms with E-state index in [9.17, 15) is 0 Å². The smallest absolute Gasteiger partial charge is 0.0991 e. The fraction of sp³-hybridized carbons (Fsp3) is 0.417. The lowest BCUT2D eigenvalue weighted by molar-refractivity contribution is 0.454. The Morgan fingerprint density at radius 1 is 1.21 bits per heavy atom. The van der Waals surface area contributed by atoms with Crippen molar-refractivity contribution in [1.29, 1.82) is 5.26 Å². The average Bonchev–Trinajstić information content (AvgIpc) is 2.51. The number of hydrogen-bond donors (Lipinski definition) is 1. The molecular weight excluding hydrogens is 172 g/mol. The lowest BCUT2D eigenvalue weighted by Gasteiger charge is -2.19. The normalized spacial score (nSPS) is 28.2. The minimum atomic E-state index is 0.650. The van der Waals surface area contributed by atoms with Gasteiger partial charge in [-0.2, -0.15) is 5.26 Å². The molecule has 1 aromatic carbocycles. The summed E-state index contributed by atoms with van der Waals surface area (Å²) >= 11 is 0. The van der Waals surface area contributed by atoms with Crippen LogP contribution in [0, 0.1) is 11.3 Å². The monoisotopic (exact) mass is 184 g/mol. The van der Waals surface area contributed by atoms with E-state index in [0.717, 1.165) is 18.7 Å². The van der Waals surface area contributed by atoms with Gasteiger partial charge in [-0.1, -0.05) is 6.07 Å². The van der Waals surface area contributed by atoms with E-state index in [1.807, 2.05) is 6.07 Å². The number of nitriles is 1. The highest BCUT2D eigenvalue weighted by atomic mass is 14.9. The van der Waals surface area contributed by atoms with Crippen LogP contribution in [0.25, 0.3) is 0 Å². The van der Waals surface area contributed by atoms with Crippen molar-refractivity contribution in [3.63, 3.8) is 0 Å². The molecule has 2 aliphatic rings. The Kier molecular flexibility index (Phi) is 1.62. The van der Waals surface area contributed by atoms with E-state index in [0.29, 0.717) is 11.8 Å². The lowest BCUT2D eigenvalue weighted by Crippen LogP contribution is -2.28. The summed E-state index contributed by atoms with van der Waals surface area (Å²) in [4.78, 5) is 0. The molecular formula is C12H12N2. The summed E-state index contributed by atoms with van der Waals surface area (Å²) in [6, 6.07) is 8.38. The van der Waals surface area contributed by atoms with Gasteiger partial charge in [0, 0.05) is 13.1 Å². The van der Waals surface area contributed by atoms with Gasteiger partial charge in [0.15, 0.2) is 0 Å². The van der Waals surface area contributed by atoms with E-state index in [4.69, 9.17) is 5.26 Å². The molecule has 3 rings (SSSR count). The Labute approximate surface area is 83.6 Å². The highest BCUT2D eigenvalue weighted by Gasteiger charge is 2.33. The van der Waals surface area contributed by atoms with Gasteiger partial charge in [0.1, 0.15) is 0 Å². The molecule has 1 fully saturated rings. The first-order valence-electron chi connectivity index (χ1n) is 5.13. The van der Waals surface area contributed by atoms with E-state index in [1.54, 1.807) is 0 Å². The van der Waals surface area contributed by atoms with Crippen LogP contribution in [0.4, 0.5) is 0 Å². The molecule has 2 unspecified atom stereocenters. The minimum absolute atomic E-state index is 0.650. The number of piperidine rings is 1. The maximum atomic E-state index is 8.84. The predicted molar refractivity (Wildman–Crippen MR) is 54.1 cm³/mol. The average molecular weight is 184 g/mol. The van der Waals surface area contributed by atoms with Gasteiger partial charge >= 0.3 is 0 Å². The van der Waals surface area contributed by atoms with E-state index >= 15 is 0 Å². The fourth-order valence-corrected chi connectivity index (χ4v) is 2.79. The van der Waals surface area contributed by atoms with Crippen LogP contribution < -0.4 is 5.32 Å². The van der Waals surface area contributed by atoms with Crippen LogP contribution in [0.5, 0.6) is 0 Å². The van der Waals surface area contributed by atoms with Gasteiger partial charge in [-0.05, 0) is 41.5 Å². The summed E-state index contributed by atoms with van der Waals surface area (Å²) in [7, 11) is 0. The van der Waals surface area contributed by atoms with Crippen LogP contribution >= 0.6 is 0 Å². The first-order valence-corrected chi connectivity index (χ1v) is 5.13. The SMILES string of the molecule is N#Cc1ccc2c(c1)C1CNCC2C1. The van der Waals surface area contributed by atoms with Gasteiger partial charge < -0.3 is 5.32 Å². The fourth-order valence-electron chi connectivity index (χ4n) is 2.79. The van der Waals surface area contributed by atoms with Crippen molar-refractivity contribution in [2.24, 2.45) is 0 Å². The largest absolute Gasteiger partial charge is 0.316 e. The topological polar surface area (TPSA) is 35.8 Å². The Bertz CT molecular complexity index is 417. The first-order chi connectivity index (χ1) is 6.88. The van der Waals surface area contributed by atoms with Crippen LogP contribution in [0.15, 0.2) is 18.2 Å². The van der Waals surface area contributed by atoms with E-state index in [-0.39, 0.29) is 0 Å². The molecule has 1 N–H and O–H groups in total. The van der Waals surface area contributed by atoms with Gasteiger partial charge in [0.05, 0.1) is 11.6 Å². The van der Waals surface area contributed by atoms with Gasteiger partial charge in [0.2, 0.25) is 0 Å². The summed E-state index contributed by atoms with van der Waals surface area (Å²) in [5, 5.41) is 12.3. The molecule has 2 atom stereocenters. The molecule has 1 aliphatic heterocycles. The van der Waals surface area contributed by atoms with Crippen LogP contribution in [0.2, 0.25) is 0 Å². The molecule has 0 saturated carbocycles. The van der Waals surface area contributed by atoms with Crippen molar-refractivity contribution in [3.8, 4) is 6.07 Å². The zero-order chi connectivity index (χ0) is 9.54. The molecule has 0 aromatic heterocycles. The van der Waals surface area contributed by atoms with Crippen molar-refractivity contribution in [3.05, 3.63) is 34.9 Å². The first kappa shape index (κ1) is 8.02. The van der Waals surface area contributed by atoms with Crippen molar-refractivity contribution in [2.75, 3.05) is 13.1 Å². The van der Waals surface area contributed by atoms with Crippen LogP contribution in [-0.2, 0) is 0 Å². The van der Waals surface area contributed by atoms with Crippen molar-refractivity contribution < 1.29 is 0 Å². The lowest BCUT2D eigenvalue weighted by atomic mass is 9.98. The summed E-state index contributed by atoms with van der Waals surface area (Å²) in [5.41, 5.74) is 3.69. The van der Waals surface area contributed by atoms with Crippen molar-refractivity contribution >= 4 is 0 Å². The van der Waals surface area contributed by atoms with Crippen molar-refractivity contribution in [1.82, 2.24) is 5.32 Å². The zero-order valence-electron chi connectivity index (χ0n) is 7.96. The number of nitrogens with zero attached hydrogens (tertiary/aromatic N) is 1. The Hall–Kier alpha value is -1.33. The van der Waals surface area contributed by atoms with Gasteiger partial charge in [-0.25, -0.2) is 0 Å². The number of hydrogen-bond acceptors (Lipinski definition) is 2. The highest BCUT2D eigenvalue weighted by Crippen LogP contribution is 2.43. The molecule has 70 valence electrons. The van der Waals surface area contributed by atoms with E-state index < -0.39 is 0 Å². The Morgan fingerprint density at radius 2 is 2.00 bits per heavy atom. The standard InChI is InChI=1S/C12H12N2/c13-5-8-1-2-11-9-4-10(7-14-6-9)12(11)3-8/h1-3,9-10,14H,4,6-7H2. The maximum Gasteiger partial charge on any atom is 0.0991 e. The molecule has 2 heteroatoms. The van der Waals surface area contributed by atoms with Gasteiger partial charge in [0.25, 0.3) is 0 Å². The zero-order valence-corrected chi connectivity index (χ0v) is 7.96. The summed E-state index contributed by atoms with van der Waals surface area (Å²) in [5.74, 6) is 1.34. The van der Waals surface area contributed by atoms with Gasteiger partial charge in [-0.3, -0.25) is 0 Å². The summed E-state index contributed by atoms with van der Waals surface area (Å²) in [6.07, 6.45) is 1.28. The molecule has 1 heterocycles.